The summed E-state index contributed by atoms with van der Waals surface area (Å²) in [6.07, 6.45) is 0. The number of rotatable bonds is 7. The summed E-state index contributed by atoms with van der Waals surface area (Å²) in [6, 6.07) is 21.7. The van der Waals surface area contributed by atoms with E-state index in [4.69, 9.17) is 10.5 Å². The molecule has 0 aliphatic heterocycles. The number of carbonyl (C=O) groups excluding carboxylic acids is 2. The van der Waals surface area contributed by atoms with Gasteiger partial charge >= 0.3 is 0 Å². The molecule has 5 heteroatoms. The number of hydrogen-bond acceptors (Lipinski definition) is 3. The van der Waals surface area contributed by atoms with E-state index < -0.39 is 5.91 Å². The highest BCUT2D eigenvalue weighted by molar-refractivity contribution is 5.94. The number of aryl methyl sites for hydroxylation is 1. The van der Waals surface area contributed by atoms with Crippen molar-refractivity contribution in [2.45, 2.75) is 20.4 Å². The maximum absolute atomic E-state index is 12.9. The topological polar surface area (TPSA) is 72.6 Å². The fourth-order valence-electron chi connectivity index (χ4n) is 2.99. The van der Waals surface area contributed by atoms with Crippen LogP contribution in [0.1, 0.15) is 38.8 Å². The molecule has 29 heavy (non-hydrogen) atoms. The number of nitrogens with zero attached hydrogens (tertiary/aromatic N) is 1. The Morgan fingerprint density at radius 2 is 1.41 bits per heavy atom. The molecule has 0 bridgehead atoms. The van der Waals surface area contributed by atoms with E-state index in [1.54, 1.807) is 48.5 Å². The van der Waals surface area contributed by atoms with Crippen LogP contribution in [0.5, 0.6) is 11.5 Å². The first-order valence-corrected chi connectivity index (χ1v) is 9.49. The van der Waals surface area contributed by atoms with Crippen molar-refractivity contribution in [2.75, 3.05) is 6.54 Å². The third-order valence-corrected chi connectivity index (χ3v) is 4.77. The third-order valence-electron chi connectivity index (χ3n) is 4.77. The molecule has 3 rings (SSSR count). The van der Waals surface area contributed by atoms with Gasteiger partial charge in [-0.15, -0.1) is 0 Å². The molecule has 0 heterocycles. The quantitative estimate of drug-likeness (QED) is 0.645. The van der Waals surface area contributed by atoms with E-state index in [9.17, 15) is 9.59 Å². The molecule has 0 atom stereocenters. The van der Waals surface area contributed by atoms with Gasteiger partial charge in [0.2, 0.25) is 5.91 Å². The minimum Gasteiger partial charge on any atom is -0.457 e. The lowest BCUT2D eigenvalue weighted by molar-refractivity contribution is 0.0752. The molecule has 2 N–H and O–H groups in total. The summed E-state index contributed by atoms with van der Waals surface area (Å²) in [4.78, 5) is 25.9. The van der Waals surface area contributed by atoms with Crippen molar-refractivity contribution >= 4 is 11.8 Å². The number of carbonyl (C=O) groups is 2. The molecule has 3 aromatic carbocycles. The van der Waals surface area contributed by atoms with Gasteiger partial charge in [0.15, 0.2) is 0 Å². The van der Waals surface area contributed by atoms with Gasteiger partial charge in [-0.1, -0.05) is 24.3 Å². The molecule has 0 aliphatic carbocycles. The largest absolute Gasteiger partial charge is 0.457 e. The standard InChI is InChI=1S/C24H24N2O3/c1-3-26(16-20-7-5-4-6-17(20)2)24(28)19-10-14-22(15-11-19)29-21-12-8-18(9-13-21)23(25)27/h4-15H,3,16H2,1-2H3,(H2,25,27). The minimum atomic E-state index is -0.481. The summed E-state index contributed by atoms with van der Waals surface area (Å²) in [5.41, 5.74) is 8.58. The second-order valence-electron chi connectivity index (χ2n) is 6.76. The molecule has 0 fully saturated rings. The second-order valence-corrected chi connectivity index (χ2v) is 6.76. The lowest BCUT2D eigenvalue weighted by Gasteiger charge is -2.22. The Kier molecular flexibility index (Phi) is 6.29. The first-order valence-electron chi connectivity index (χ1n) is 9.49. The van der Waals surface area contributed by atoms with Crippen molar-refractivity contribution in [2.24, 2.45) is 5.73 Å². The van der Waals surface area contributed by atoms with E-state index in [1.165, 1.54) is 5.56 Å². The zero-order chi connectivity index (χ0) is 20.8. The van der Waals surface area contributed by atoms with Crippen LogP contribution < -0.4 is 10.5 Å². The molecular weight excluding hydrogens is 364 g/mol. The average Bonchev–Trinajstić information content (AvgIpc) is 2.73. The number of ether oxygens (including phenoxy) is 1. The Labute approximate surface area is 170 Å². The fourth-order valence-corrected chi connectivity index (χ4v) is 2.99. The first-order chi connectivity index (χ1) is 14.0. The van der Waals surface area contributed by atoms with Crippen LogP contribution in [0.3, 0.4) is 0 Å². The van der Waals surface area contributed by atoms with Crippen molar-refractivity contribution in [3.05, 3.63) is 95.1 Å². The highest BCUT2D eigenvalue weighted by Gasteiger charge is 2.15. The monoisotopic (exact) mass is 388 g/mol. The molecule has 0 saturated heterocycles. The zero-order valence-corrected chi connectivity index (χ0v) is 16.6. The lowest BCUT2D eigenvalue weighted by atomic mass is 10.1. The molecule has 2 amide bonds. The summed E-state index contributed by atoms with van der Waals surface area (Å²) in [7, 11) is 0. The van der Waals surface area contributed by atoms with Gasteiger partial charge in [0.05, 0.1) is 0 Å². The Balaban J connectivity index is 1.68. The van der Waals surface area contributed by atoms with Gasteiger partial charge in [-0.3, -0.25) is 9.59 Å². The van der Waals surface area contributed by atoms with E-state index in [2.05, 4.69) is 13.0 Å². The highest BCUT2D eigenvalue weighted by Crippen LogP contribution is 2.23. The highest BCUT2D eigenvalue weighted by atomic mass is 16.5. The van der Waals surface area contributed by atoms with Crippen LogP contribution in [-0.2, 0) is 6.54 Å². The normalized spacial score (nSPS) is 10.4. The van der Waals surface area contributed by atoms with Crippen LogP contribution in [-0.4, -0.2) is 23.3 Å². The Morgan fingerprint density at radius 3 is 1.93 bits per heavy atom. The number of nitrogens with two attached hydrogens (primary N) is 1. The van der Waals surface area contributed by atoms with Gasteiger partial charge in [0.25, 0.3) is 5.91 Å². The molecule has 0 aliphatic rings. The number of primary amides is 1. The van der Waals surface area contributed by atoms with Crippen molar-refractivity contribution in [3.63, 3.8) is 0 Å². The maximum Gasteiger partial charge on any atom is 0.254 e. The Bertz CT molecular complexity index is 995. The molecule has 0 aromatic heterocycles. The molecule has 0 saturated carbocycles. The Hall–Kier alpha value is -3.60. The van der Waals surface area contributed by atoms with Crippen LogP contribution in [0.2, 0.25) is 0 Å². The molecule has 5 nitrogen and oxygen atoms in total. The van der Waals surface area contributed by atoms with Crippen molar-refractivity contribution < 1.29 is 14.3 Å². The summed E-state index contributed by atoms with van der Waals surface area (Å²) in [5, 5.41) is 0. The second kappa shape index (κ2) is 9.06. The van der Waals surface area contributed by atoms with Gasteiger partial charge < -0.3 is 15.4 Å². The van der Waals surface area contributed by atoms with Crippen molar-refractivity contribution in [3.8, 4) is 11.5 Å². The summed E-state index contributed by atoms with van der Waals surface area (Å²) in [6.45, 7) is 5.23. The maximum atomic E-state index is 12.9. The SMILES string of the molecule is CCN(Cc1ccccc1C)C(=O)c1ccc(Oc2ccc(C(N)=O)cc2)cc1. The van der Waals surface area contributed by atoms with E-state index in [0.717, 1.165) is 5.56 Å². The number of hydrogen-bond donors (Lipinski definition) is 1. The van der Waals surface area contributed by atoms with Gasteiger partial charge in [0, 0.05) is 24.2 Å². The van der Waals surface area contributed by atoms with E-state index >= 15 is 0 Å². The zero-order valence-electron chi connectivity index (χ0n) is 16.6. The minimum absolute atomic E-state index is 0.0203. The van der Waals surface area contributed by atoms with Crippen LogP contribution in [0, 0.1) is 6.92 Å². The molecule has 0 spiro atoms. The molecular formula is C24H24N2O3. The van der Waals surface area contributed by atoms with Gasteiger partial charge in [-0.2, -0.15) is 0 Å². The van der Waals surface area contributed by atoms with Crippen molar-refractivity contribution in [1.29, 1.82) is 0 Å². The predicted octanol–water partition coefficient (Wildman–Crippen LogP) is 4.55. The summed E-state index contributed by atoms with van der Waals surface area (Å²) >= 11 is 0. The molecule has 148 valence electrons. The van der Waals surface area contributed by atoms with E-state index in [0.29, 0.717) is 35.7 Å². The van der Waals surface area contributed by atoms with E-state index in [-0.39, 0.29) is 5.91 Å². The van der Waals surface area contributed by atoms with Crippen molar-refractivity contribution in [1.82, 2.24) is 4.90 Å². The summed E-state index contributed by atoms with van der Waals surface area (Å²) in [5.74, 6) is 0.692. The third kappa shape index (κ3) is 5.02. The first kappa shape index (κ1) is 20.1. The van der Waals surface area contributed by atoms with E-state index in [1.807, 2.05) is 30.0 Å². The van der Waals surface area contributed by atoms with Crippen LogP contribution in [0.15, 0.2) is 72.8 Å². The van der Waals surface area contributed by atoms with Gasteiger partial charge in [-0.25, -0.2) is 0 Å². The van der Waals surface area contributed by atoms with Crippen LogP contribution >= 0.6 is 0 Å². The predicted molar refractivity (Wildman–Crippen MR) is 113 cm³/mol. The number of amides is 2. The number of benzene rings is 3. The molecule has 0 unspecified atom stereocenters. The lowest BCUT2D eigenvalue weighted by Crippen LogP contribution is -2.30. The Morgan fingerprint density at radius 1 is 0.862 bits per heavy atom. The van der Waals surface area contributed by atoms with Gasteiger partial charge in [0.1, 0.15) is 11.5 Å². The fraction of sp³-hybridized carbons (Fsp3) is 0.167. The summed E-state index contributed by atoms with van der Waals surface area (Å²) < 4.78 is 5.77. The van der Waals surface area contributed by atoms with Crippen LogP contribution in [0.25, 0.3) is 0 Å². The molecule has 0 radical (unpaired) electrons. The average molecular weight is 388 g/mol. The molecule has 3 aromatic rings. The van der Waals surface area contributed by atoms with Gasteiger partial charge in [-0.05, 0) is 73.5 Å². The smallest absolute Gasteiger partial charge is 0.254 e. The van der Waals surface area contributed by atoms with Crippen LogP contribution in [0.4, 0.5) is 0 Å².